The number of rotatable bonds is 4. The minimum absolute atomic E-state index is 0.181. The number of nitrogens with one attached hydrogen (secondary N) is 1. The summed E-state index contributed by atoms with van der Waals surface area (Å²) in [5.41, 5.74) is 0.654. The Balaban J connectivity index is 1.41. The molecule has 2 N–H and O–H groups in total. The maximum absolute atomic E-state index is 14.2. The fourth-order valence-corrected chi connectivity index (χ4v) is 5.23. The Bertz CT molecular complexity index is 949. The minimum Gasteiger partial charge on any atom is -0.389 e. The van der Waals surface area contributed by atoms with Gasteiger partial charge in [-0.15, -0.1) is 11.8 Å². The maximum atomic E-state index is 14.2. The van der Waals surface area contributed by atoms with Gasteiger partial charge in [-0.05, 0) is 55.2 Å². The van der Waals surface area contributed by atoms with E-state index in [1.807, 2.05) is 4.90 Å². The number of nitrogens with zero attached hydrogens (tertiary/aromatic N) is 1. The number of carbonyl (C=O) groups excluding carboxylic acids is 1. The van der Waals surface area contributed by atoms with Gasteiger partial charge in [-0.2, -0.15) is 0 Å². The van der Waals surface area contributed by atoms with Crippen LogP contribution in [0.1, 0.15) is 24.8 Å². The number of fused-ring (bicyclic) bond motifs is 1. The molecule has 0 aliphatic carbocycles. The molecule has 2 aromatic carbocycles. The molecule has 0 saturated carbocycles. The van der Waals surface area contributed by atoms with Crippen molar-refractivity contribution >= 4 is 40.6 Å². The first-order chi connectivity index (χ1) is 13.8. The number of benzene rings is 2. The van der Waals surface area contributed by atoms with Crippen LogP contribution < -0.4 is 10.2 Å². The van der Waals surface area contributed by atoms with Gasteiger partial charge in [-0.25, -0.2) is 8.78 Å². The molecule has 1 saturated heterocycles. The highest BCUT2D eigenvalue weighted by molar-refractivity contribution is 7.99. The van der Waals surface area contributed by atoms with E-state index in [2.05, 4.69) is 5.32 Å². The standard InChI is InChI=1S/C21H21ClF2N2O2S/c22-13-1-4-17(16(24)11-13)26-9-7-21(28,8-10-26)12-29-18-5-3-15(23)20-14(18)2-6-19(27)25-20/h1,3-5,11,28H,2,6-10,12H2,(H,25,27). The lowest BCUT2D eigenvalue weighted by Gasteiger charge is -2.39. The van der Waals surface area contributed by atoms with Gasteiger partial charge in [0.05, 0.1) is 17.0 Å². The second-order valence-electron chi connectivity index (χ2n) is 7.54. The number of anilines is 2. The van der Waals surface area contributed by atoms with E-state index in [1.165, 1.54) is 23.9 Å². The first-order valence-electron chi connectivity index (χ1n) is 9.51. The maximum Gasteiger partial charge on any atom is 0.224 e. The van der Waals surface area contributed by atoms with Gasteiger partial charge in [0.15, 0.2) is 0 Å². The van der Waals surface area contributed by atoms with Gasteiger partial charge in [0.1, 0.15) is 11.6 Å². The van der Waals surface area contributed by atoms with Crippen molar-refractivity contribution in [2.45, 2.75) is 36.2 Å². The molecule has 0 bridgehead atoms. The van der Waals surface area contributed by atoms with Gasteiger partial charge < -0.3 is 15.3 Å². The highest BCUT2D eigenvalue weighted by Gasteiger charge is 2.34. The zero-order valence-corrected chi connectivity index (χ0v) is 17.3. The van der Waals surface area contributed by atoms with E-state index in [0.29, 0.717) is 55.2 Å². The fraction of sp³-hybridized carbons (Fsp3) is 0.381. The monoisotopic (exact) mass is 438 g/mol. The molecule has 0 unspecified atom stereocenters. The largest absolute Gasteiger partial charge is 0.389 e. The third-order valence-electron chi connectivity index (χ3n) is 5.53. The molecule has 29 heavy (non-hydrogen) atoms. The van der Waals surface area contributed by atoms with Crippen molar-refractivity contribution in [2.75, 3.05) is 29.1 Å². The van der Waals surface area contributed by atoms with Gasteiger partial charge in [0.25, 0.3) is 0 Å². The molecule has 4 nitrogen and oxygen atoms in total. The van der Waals surface area contributed by atoms with Crippen molar-refractivity contribution in [1.82, 2.24) is 0 Å². The van der Waals surface area contributed by atoms with Crippen molar-refractivity contribution in [3.8, 4) is 0 Å². The highest BCUT2D eigenvalue weighted by atomic mass is 35.5. The predicted octanol–water partition coefficient (Wildman–Crippen LogP) is 4.63. The van der Waals surface area contributed by atoms with Crippen LogP contribution >= 0.6 is 23.4 Å². The van der Waals surface area contributed by atoms with Crippen LogP contribution in [-0.4, -0.2) is 35.5 Å². The Morgan fingerprint density at radius 2 is 1.90 bits per heavy atom. The van der Waals surface area contributed by atoms with Gasteiger partial charge in [0.2, 0.25) is 5.91 Å². The number of aliphatic hydroxyl groups is 1. The summed E-state index contributed by atoms with van der Waals surface area (Å²) in [6.45, 7) is 1.07. The van der Waals surface area contributed by atoms with Crippen LogP contribution in [0.15, 0.2) is 35.2 Å². The smallest absolute Gasteiger partial charge is 0.224 e. The van der Waals surface area contributed by atoms with Crippen LogP contribution in [0.5, 0.6) is 0 Å². The first kappa shape index (κ1) is 20.4. The van der Waals surface area contributed by atoms with Gasteiger partial charge >= 0.3 is 0 Å². The molecule has 0 aromatic heterocycles. The SMILES string of the molecule is O=C1CCc2c(SCC3(O)CCN(c4ccc(Cl)cc4F)CC3)ccc(F)c2N1. The van der Waals surface area contributed by atoms with Crippen LogP contribution in [-0.2, 0) is 11.2 Å². The number of hydrogen-bond acceptors (Lipinski definition) is 4. The van der Waals surface area contributed by atoms with Crippen LogP contribution in [0.3, 0.4) is 0 Å². The average molecular weight is 439 g/mol. The first-order valence-corrected chi connectivity index (χ1v) is 10.9. The molecule has 0 radical (unpaired) electrons. The number of halogens is 3. The minimum atomic E-state index is -0.886. The van der Waals surface area contributed by atoms with Crippen molar-refractivity contribution < 1.29 is 18.7 Å². The van der Waals surface area contributed by atoms with Crippen LogP contribution in [0.2, 0.25) is 5.02 Å². The zero-order chi connectivity index (χ0) is 20.6. The molecule has 4 rings (SSSR count). The van der Waals surface area contributed by atoms with E-state index in [-0.39, 0.29) is 17.4 Å². The van der Waals surface area contributed by atoms with Crippen LogP contribution in [0.25, 0.3) is 0 Å². The number of piperidine rings is 1. The molecule has 2 heterocycles. The second-order valence-corrected chi connectivity index (χ2v) is 9.00. The molecule has 8 heteroatoms. The van der Waals surface area contributed by atoms with E-state index in [1.54, 1.807) is 18.2 Å². The lowest BCUT2D eigenvalue weighted by Crippen LogP contribution is -2.46. The summed E-state index contributed by atoms with van der Waals surface area (Å²) in [4.78, 5) is 14.4. The normalized spacial score (nSPS) is 18.3. The van der Waals surface area contributed by atoms with E-state index in [4.69, 9.17) is 11.6 Å². The molecule has 2 aliphatic rings. The quantitative estimate of drug-likeness (QED) is 0.683. The van der Waals surface area contributed by atoms with Gasteiger partial charge in [0, 0.05) is 35.2 Å². The Labute approximate surface area is 177 Å². The summed E-state index contributed by atoms with van der Waals surface area (Å²) in [5, 5.41) is 14.0. The molecule has 2 aromatic rings. The Morgan fingerprint density at radius 3 is 2.62 bits per heavy atom. The topological polar surface area (TPSA) is 52.6 Å². The lowest BCUT2D eigenvalue weighted by atomic mass is 9.93. The van der Waals surface area contributed by atoms with Gasteiger partial charge in [-0.1, -0.05) is 11.6 Å². The van der Waals surface area contributed by atoms with Crippen LogP contribution in [0, 0.1) is 11.6 Å². The Hall–Kier alpha value is -1.83. The number of carbonyl (C=O) groups is 1. The second kappa shape index (κ2) is 8.13. The van der Waals surface area contributed by atoms with E-state index in [9.17, 15) is 18.7 Å². The van der Waals surface area contributed by atoms with Crippen molar-refractivity contribution in [1.29, 1.82) is 0 Å². The third-order valence-corrected chi connectivity index (χ3v) is 7.14. The summed E-state index contributed by atoms with van der Waals surface area (Å²) in [7, 11) is 0. The summed E-state index contributed by atoms with van der Waals surface area (Å²) >= 11 is 7.30. The molecule has 2 aliphatic heterocycles. The molecule has 1 fully saturated rings. The van der Waals surface area contributed by atoms with E-state index < -0.39 is 11.4 Å². The Kier molecular flexibility index (Phi) is 5.73. The van der Waals surface area contributed by atoms with Gasteiger partial charge in [-0.3, -0.25) is 4.79 Å². The molecular weight excluding hydrogens is 418 g/mol. The summed E-state index contributed by atoms with van der Waals surface area (Å²) in [6.07, 6.45) is 1.82. The highest BCUT2D eigenvalue weighted by Crippen LogP contribution is 2.38. The summed E-state index contributed by atoms with van der Waals surface area (Å²) in [5.74, 6) is -0.527. The van der Waals surface area contributed by atoms with E-state index >= 15 is 0 Å². The van der Waals surface area contributed by atoms with Crippen molar-refractivity contribution in [2.24, 2.45) is 0 Å². The van der Waals surface area contributed by atoms with Crippen molar-refractivity contribution in [3.05, 3.63) is 52.6 Å². The molecule has 0 spiro atoms. The Morgan fingerprint density at radius 1 is 1.14 bits per heavy atom. The third kappa shape index (κ3) is 4.37. The van der Waals surface area contributed by atoms with Crippen LogP contribution in [0.4, 0.5) is 20.2 Å². The fourth-order valence-electron chi connectivity index (χ4n) is 3.82. The number of thioether (sulfide) groups is 1. The molecule has 0 atom stereocenters. The van der Waals surface area contributed by atoms with Crippen molar-refractivity contribution in [3.63, 3.8) is 0 Å². The lowest BCUT2D eigenvalue weighted by molar-refractivity contribution is -0.116. The van der Waals surface area contributed by atoms with E-state index in [0.717, 1.165) is 10.5 Å². The molecule has 1 amide bonds. The summed E-state index contributed by atoms with van der Waals surface area (Å²) in [6, 6.07) is 7.67. The molecular formula is C21H21ClF2N2O2S. The predicted molar refractivity (Wildman–Crippen MR) is 112 cm³/mol. The zero-order valence-electron chi connectivity index (χ0n) is 15.7. The molecule has 154 valence electrons. The summed E-state index contributed by atoms with van der Waals surface area (Å²) < 4.78 is 28.2. The average Bonchev–Trinajstić information content (AvgIpc) is 2.69. The number of amides is 1. The number of hydrogen-bond donors (Lipinski definition) is 2.